The van der Waals surface area contributed by atoms with Crippen molar-refractivity contribution in [3.05, 3.63) is 106 Å². The largest absolute Gasteiger partial charge is 0.505 e. The number of likely N-dealkylation sites (tertiary alicyclic amines) is 1. The molecule has 3 aromatic carbocycles. The topological polar surface area (TPSA) is 95.0 Å². The van der Waals surface area contributed by atoms with Crippen LogP contribution >= 0.6 is 11.6 Å². The van der Waals surface area contributed by atoms with Crippen molar-refractivity contribution in [3.63, 3.8) is 0 Å². The number of carbonyl (C=O) groups excluding carboxylic acids is 4. The Labute approximate surface area is 265 Å². The predicted octanol–water partition coefficient (Wildman–Crippen LogP) is 6.15. The van der Waals surface area contributed by atoms with Crippen molar-refractivity contribution in [2.75, 3.05) is 4.90 Å². The van der Waals surface area contributed by atoms with Gasteiger partial charge in [0.1, 0.15) is 0 Å². The van der Waals surface area contributed by atoms with Crippen LogP contribution in [0.25, 0.3) is 0 Å². The Bertz CT molecular complexity index is 1820. The first-order chi connectivity index (χ1) is 21.4. The number of phenols is 1. The van der Waals surface area contributed by atoms with Gasteiger partial charge < -0.3 is 5.11 Å². The maximum absolute atomic E-state index is 15.1. The molecule has 2 heterocycles. The number of hydrogen-bond donors (Lipinski definition) is 1. The first-order valence-corrected chi connectivity index (χ1v) is 15.5. The zero-order valence-electron chi connectivity index (χ0n) is 25.0. The van der Waals surface area contributed by atoms with Crippen LogP contribution < -0.4 is 4.90 Å². The molecule has 7 rings (SSSR count). The average molecular weight is 627 g/mol. The number of phenolic OH excluding ortho intramolecular Hbond substituents is 1. The summed E-state index contributed by atoms with van der Waals surface area (Å²) in [6, 6.07) is 19.6. The first-order valence-electron chi connectivity index (χ1n) is 15.1. The third kappa shape index (κ3) is 4.07. The summed E-state index contributed by atoms with van der Waals surface area (Å²) in [5.74, 6) is -6.54. The van der Waals surface area contributed by atoms with Gasteiger partial charge in [-0.05, 0) is 81.0 Å². The third-order valence-electron chi connectivity index (χ3n) is 10.1. The highest BCUT2D eigenvalue weighted by Gasteiger charge is 2.70. The van der Waals surface area contributed by atoms with Crippen molar-refractivity contribution in [1.29, 1.82) is 0 Å². The summed E-state index contributed by atoms with van der Waals surface area (Å²) in [4.78, 5) is 60.0. The van der Waals surface area contributed by atoms with E-state index in [0.29, 0.717) is 21.8 Å². The third-order valence-corrected chi connectivity index (χ3v) is 10.4. The number of aromatic hydroxyl groups is 1. The van der Waals surface area contributed by atoms with E-state index in [9.17, 15) is 19.5 Å². The van der Waals surface area contributed by atoms with Gasteiger partial charge in [-0.15, -0.1) is 0 Å². The van der Waals surface area contributed by atoms with Crippen molar-refractivity contribution in [2.45, 2.75) is 50.5 Å². The second-order valence-electron chi connectivity index (χ2n) is 13.5. The molecular weight excluding hydrogens is 595 g/mol. The molecule has 1 N–H and O–H groups in total. The fourth-order valence-electron chi connectivity index (χ4n) is 8.48. The molecular formula is C36H32ClFN2O5. The number of fused-ring (bicyclic) bond motifs is 4. The van der Waals surface area contributed by atoms with Crippen LogP contribution in [0.5, 0.6) is 5.75 Å². The molecule has 2 aliphatic heterocycles. The quantitative estimate of drug-likeness (QED) is 0.278. The molecule has 0 aromatic heterocycles. The molecule has 0 bridgehead atoms. The normalized spacial score (nSPS) is 29.4. The number of amides is 4. The number of hydrogen-bond acceptors (Lipinski definition) is 5. The Morgan fingerprint density at radius 2 is 1.62 bits per heavy atom. The van der Waals surface area contributed by atoms with Crippen molar-refractivity contribution in [3.8, 4) is 5.75 Å². The van der Waals surface area contributed by atoms with Crippen molar-refractivity contribution < 1.29 is 28.7 Å². The zero-order chi connectivity index (χ0) is 32.0. The standard InChI is InChI=1S/C36H32ClFN2O5/c1-35(2,3)40-31(42)24-14-13-23-25(29(24)33(40)44)18-26-32(43)39(22-11-7-10-21(37)17-22)34(45)36(26,20-8-5-4-6-9-20)30(23)19-12-15-28(41)27(38)16-19/h4-13,15-17,24-26,29-30,41H,14,18H2,1-3H3. The van der Waals surface area contributed by atoms with Crippen LogP contribution in [0, 0.1) is 29.5 Å². The maximum atomic E-state index is 15.1. The number of imide groups is 2. The van der Waals surface area contributed by atoms with Crippen molar-refractivity contribution >= 4 is 40.9 Å². The number of nitrogens with zero attached hydrogens (tertiary/aromatic N) is 2. The minimum atomic E-state index is -1.51. The van der Waals surface area contributed by atoms with Gasteiger partial charge >= 0.3 is 0 Å². The van der Waals surface area contributed by atoms with E-state index in [-0.39, 0.29) is 24.7 Å². The smallest absolute Gasteiger partial charge is 0.246 e. The van der Waals surface area contributed by atoms with Crippen molar-refractivity contribution in [1.82, 2.24) is 4.90 Å². The van der Waals surface area contributed by atoms with Crippen LogP contribution in [0.4, 0.5) is 10.1 Å². The van der Waals surface area contributed by atoms with Gasteiger partial charge in [0.2, 0.25) is 23.6 Å². The van der Waals surface area contributed by atoms with Gasteiger partial charge in [-0.2, -0.15) is 0 Å². The Morgan fingerprint density at radius 1 is 0.889 bits per heavy atom. The summed E-state index contributed by atoms with van der Waals surface area (Å²) in [6.45, 7) is 5.46. The molecule has 3 fully saturated rings. The first kappa shape index (κ1) is 29.4. The van der Waals surface area contributed by atoms with Gasteiger partial charge in [0, 0.05) is 16.5 Å². The molecule has 0 spiro atoms. The van der Waals surface area contributed by atoms with Crippen molar-refractivity contribution in [2.24, 2.45) is 23.7 Å². The highest BCUT2D eigenvalue weighted by Crippen LogP contribution is 2.64. The molecule has 6 unspecified atom stereocenters. The number of rotatable bonds is 3. The van der Waals surface area contributed by atoms with E-state index in [1.165, 1.54) is 21.9 Å². The number of anilines is 1. The van der Waals surface area contributed by atoms with Crippen LogP contribution in [0.2, 0.25) is 5.02 Å². The molecule has 0 radical (unpaired) electrons. The molecule has 9 heteroatoms. The average Bonchev–Trinajstić information content (AvgIpc) is 3.40. The highest BCUT2D eigenvalue weighted by atomic mass is 35.5. The second-order valence-corrected chi connectivity index (χ2v) is 13.9. The maximum Gasteiger partial charge on any atom is 0.246 e. The number of carbonyl (C=O) groups is 4. The SMILES string of the molecule is CC(C)(C)N1C(=O)C2CC=C3C(CC4C(=O)N(c5cccc(Cl)c5)C(=O)C4(c4ccccc4)C3c3ccc(O)c(F)c3)C2C1=O. The second kappa shape index (κ2) is 10.1. The lowest BCUT2D eigenvalue weighted by Gasteiger charge is -2.50. The van der Waals surface area contributed by atoms with Crippen LogP contribution in [-0.2, 0) is 24.6 Å². The zero-order valence-corrected chi connectivity index (χ0v) is 25.8. The van der Waals surface area contributed by atoms with E-state index in [0.717, 1.165) is 5.57 Å². The monoisotopic (exact) mass is 626 g/mol. The van der Waals surface area contributed by atoms with Gasteiger partial charge in [-0.1, -0.05) is 65.7 Å². The van der Waals surface area contributed by atoms with E-state index in [1.807, 2.05) is 45.0 Å². The van der Waals surface area contributed by atoms with Gasteiger partial charge in [0.15, 0.2) is 11.6 Å². The lowest BCUT2D eigenvalue weighted by molar-refractivity contribution is -0.145. The molecule has 230 valence electrons. The fraction of sp³-hybridized carbons (Fsp3) is 0.333. The van der Waals surface area contributed by atoms with Gasteiger partial charge in [-0.25, -0.2) is 9.29 Å². The Hall–Kier alpha value is -4.30. The highest BCUT2D eigenvalue weighted by molar-refractivity contribution is 6.32. The minimum absolute atomic E-state index is 0.150. The van der Waals surface area contributed by atoms with E-state index in [1.54, 1.807) is 42.5 Å². The van der Waals surface area contributed by atoms with E-state index in [2.05, 4.69) is 0 Å². The lowest BCUT2D eigenvalue weighted by atomic mass is 9.49. The molecule has 1 saturated carbocycles. The molecule has 2 aliphatic carbocycles. The summed E-state index contributed by atoms with van der Waals surface area (Å²) in [5, 5.41) is 10.5. The lowest BCUT2D eigenvalue weighted by Crippen LogP contribution is -2.53. The Kier molecular flexibility index (Phi) is 6.61. The van der Waals surface area contributed by atoms with E-state index in [4.69, 9.17) is 11.6 Å². The summed E-state index contributed by atoms with van der Waals surface area (Å²) in [6.07, 6.45) is 2.36. The number of allylic oxidation sites excluding steroid dienone is 2. The van der Waals surface area contributed by atoms with Crippen LogP contribution in [-0.4, -0.2) is 39.2 Å². The molecule has 7 nitrogen and oxygen atoms in total. The van der Waals surface area contributed by atoms with Crippen LogP contribution in [0.3, 0.4) is 0 Å². The summed E-state index contributed by atoms with van der Waals surface area (Å²) in [7, 11) is 0. The summed E-state index contributed by atoms with van der Waals surface area (Å²) < 4.78 is 15.1. The number of benzene rings is 3. The van der Waals surface area contributed by atoms with E-state index >= 15 is 9.18 Å². The van der Waals surface area contributed by atoms with Crippen LogP contribution in [0.15, 0.2) is 84.4 Å². The summed E-state index contributed by atoms with van der Waals surface area (Å²) in [5.41, 5.74) is -0.216. The molecule has 6 atom stereocenters. The molecule has 2 saturated heterocycles. The molecule has 4 aliphatic rings. The predicted molar refractivity (Wildman–Crippen MR) is 166 cm³/mol. The van der Waals surface area contributed by atoms with Gasteiger partial charge in [0.25, 0.3) is 0 Å². The molecule has 4 amide bonds. The fourth-order valence-corrected chi connectivity index (χ4v) is 8.67. The number of halogens is 2. The van der Waals surface area contributed by atoms with E-state index < -0.39 is 63.9 Å². The van der Waals surface area contributed by atoms with Gasteiger partial charge in [-0.3, -0.25) is 24.1 Å². The van der Waals surface area contributed by atoms with Crippen LogP contribution in [0.1, 0.15) is 50.7 Å². The Morgan fingerprint density at radius 3 is 2.29 bits per heavy atom. The minimum Gasteiger partial charge on any atom is -0.505 e. The van der Waals surface area contributed by atoms with Gasteiger partial charge in [0.05, 0.1) is 28.9 Å². The molecule has 45 heavy (non-hydrogen) atoms. The Balaban J connectivity index is 1.50. The molecule has 3 aromatic rings. The summed E-state index contributed by atoms with van der Waals surface area (Å²) >= 11 is 6.32.